The minimum absolute atomic E-state index is 0.132. The summed E-state index contributed by atoms with van der Waals surface area (Å²) in [5.41, 5.74) is 5.44. The highest BCUT2D eigenvalue weighted by atomic mass is 79.9. The lowest BCUT2D eigenvalue weighted by molar-refractivity contribution is -0.119. The third-order valence-corrected chi connectivity index (χ3v) is 8.43. The molecule has 0 spiro atoms. The van der Waals surface area contributed by atoms with Crippen molar-refractivity contribution >= 4 is 27.5 Å². The van der Waals surface area contributed by atoms with Gasteiger partial charge in [-0.1, -0.05) is 70.0 Å². The van der Waals surface area contributed by atoms with Crippen molar-refractivity contribution in [1.82, 2.24) is 4.90 Å². The molecule has 2 aromatic carbocycles. The number of benzene rings is 2. The molecule has 0 bridgehead atoms. The molecule has 0 N–H and O–H groups in total. The van der Waals surface area contributed by atoms with Crippen LogP contribution in [0.3, 0.4) is 0 Å². The van der Waals surface area contributed by atoms with Gasteiger partial charge in [-0.2, -0.15) is 0 Å². The summed E-state index contributed by atoms with van der Waals surface area (Å²) in [6.45, 7) is 9.47. The van der Waals surface area contributed by atoms with Gasteiger partial charge in [-0.3, -0.25) is 9.59 Å². The number of carbonyl (C=O) groups excluding carboxylic acids is 2. The smallest absolute Gasteiger partial charge is 0.162 e. The number of terminal acetylenes is 1. The number of hydrogen-bond acceptors (Lipinski definition) is 4. The Balaban J connectivity index is 1.73. The first-order valence-corrected chi connectivity index (χ1v) is 14.0. The molecule has 38 heavy (non-hydrogen) atoms. The van der Waals surface area contributed by atoms with Crippen LogP contribution in [-0.4, -0.2) is 23.1 Å². The summed E-state index contributed by atoms with van der Waals surface area (Å²) < 4.78 is 6.43. The lowest BCUT2D eigenvalue weighted by Gasteiger charge is -2.49. The van der Waals surface area contributed by atoms with E-state index in [0.29, 0.717) is 25.1 Å². The van der Waals surface area contributed by atoms with E-state index in [-0.39, 0.29) is 29.0 Å². The SMILES string of the molecule is C#CCOc1ccc(C2C3=C(CC(C)(C)CC3=O)N(Cc3ccccc3)C3=C2C(=O)CC(C)(C)C3)cc1Br. The Morgan fingerprint density at radius 1 is 0.921 bits per heavy atom. The second-order valence-electron chi connectivity index (χ2n) is 12.3. The van der Waals surface area contributed by atoms with Crippen LogP contribution >= 0.6 is 15.9 Å². The van der Waals surface area contributed by atoms with Crippen LogP contribution in [0.25, 0.3) is 0 Å². The molecule has 1 aliphatic heterocycles. The van der Waals surface area contributed by atoms with Crippen molar-refractivity contribution in [2.24, 2.45) is 10.8 Å². The van der Waals surface area contributed by atoms with E-state index >= 15 is 0 Å². The molecule has 0 radical (unpaired) electrons. The van der Waals surface area contributed by atoms with E-state index in [2.05, 4.69) is 66.6 Å². The number of ketones is 2. The maximum absolute atomic E-state index is 14.0. The van der Waals surface area contributed by atoms with Crippen molar-refractivity contribution in [3.63, 3.8) is 0 Å². The van der Waals surface area contributed by atoms with Gasteiger partial charge in [-0.15, -0.1) is 6.42 Å². The number of rotatable bonds is 5. The van der Waals surface area contributed by atoms with Gasteiger partial charge in [0.15, 0.2) is 11.6 Å². The van der Waals surface area contributed by atoms with Crippen molar-refractivity contribution in [3.8, 4) is 18.1 Å². The Morgan fingerprint density at radius 2 is 1.50 bits per heavy atom. The molecule has 0 fully saturated rings. The fraction of sp³-hybridized carbons (Fsp3) is 0.394. The first-order chi connectivity index (χ1) is 18.0. The highest BCUT2D eigenvalue weighted by Gasteiger charge is 2.49. The predicted octanol–water partition coefficient (Wildman–Crippen LogP) is 7.35. The normalized spacial score (nSPS) is 20.7. The monoisotopic (exact) mass is 571 g/mol. The lowest BCUT2D eigenvalue weighted by Crippen LogP contribution is -2.44. The first-order valence-electron chi connectivity index (χ1n) is 13.2. The Hall–Kier alpha value is -3.10. The molecule has 5 rings (SSSR count). The zero-order chi connectivity index (χ0) is 27.2. The van der Waals surface area contributed by atoms with Crippen LogP contribution in [0.5, 0.6) is 5.75 Å². The van der Waals surface area contributed by atoms with Gasteiger partial charge in [0.05, 0.1) is 4.47 Å². The summed E-state index contributed by atoms with van der Waals surface area (Å²) in [5.74, 6) is 3.01. The van der Waals surface area contributed by atoms with E-state index in [0.717, 1.165) is 51.0 Å². The lowest BCUT2D eigenvalue weighted by atomic mass is 9.63. The van der Waals surface area contributed by atoms with Crippen molar-refractivity contribution in [1.29, 1.82) is 0 Å². The molecule has 0 unspecified atom stereocenters. The summed E-state index contributed by atoms with van der Waals surface area (Å²) in [7, 11) is 0. The van der Waals surface area contributed by atoms with Crippen LogP contribution in [0.15, 0.2) is 75.5 Å². The Bertz CT molecular complexity index is 1350. The van der Waals surface area contributed by atoms with Gasteiger partial charge >= 0.3 is 0 Å². The molecule has 1 heterocycles. The fourth-order valence-corrected chi connectivity index (χ4v) is 6.78. The zero-order valence-corrected chi connectivity index (χ0v) is 24.2. The van der Waals surface area contributed by atoms with Gasteiger partial charge in [-0.05, 0) is 62.9 Å². The van der Waals surface area contributed by atoms with Crippen LogP contribution in [-0.2, 0) is 16.1 Å². The van der Waals surface area contributed by atoms with E-state index in [1.54, 1.807) is 0 Å². The Morgan fingerprint density at radius 3 is 2.03 bits per heavy atom. The number of hydrogen-bond donors (Lipinski definition) is 0. The maximum Gasteiger partial charge on any atom is 0.162 e. The number of allylic oxidation sites excluding steroid dienone is 4. The average Bonchev–Trinajstić information content (AvgIpc) is 2.83. The number of halogens is 1. The third-order valence-electron chi connectivity index (χ3n) is 7.81. The molecule has 0 atom stereocenters. The van der Waals surface area contributed by atoms with Gasteiger partial charge < -0.3 is 9.64 Å². The van der Waals surface area contributed by atoms with Gasteiger partial charge in [0.2, 0.25) is 0 Å². The highest BCUT2D eigenvalue weighted by Crippen LogP contribution is 2.55. The molecule has 196 valence electrons. The molecule has 2 aromatic rings. The fourth-order valence-electron chi connectivity index (χ4n) is 6.27. The van der Waals surface area contributed by atoms with E-state index in [9.17, 15) is 9.59 Å². The molecular formula is C33H34BrNO3. The van der Waals surface area contributed by atoms with Gasteiger partial charge in [0.25, 0.3) is 0 Å². The topological polar surface area (TPSA) is 46.6 Å². The van der Waals surface area contributed by atoms with E-state index in [1.165, 1.54) is 0 Å². The van der Waals surface area contributed by atoms with E-state index in [4.69, 9.17) is 11.2 Å². The maximum atomic E-state index is 14.0. The van der Waals surface area contributed by atoms with E-state index < -0.39 is 5.92 Å². The average molecular weight is 573 g/mol. The zero-order valence-electron chi connectivity index (χ0n) is 22.6. The minimum atomic E-state index is -0.391. The quantitative estimate of drug-likeness (QED) is 0.352. The van der Waals surface area contributed by atoms with Crippen molar-refractivity contribution in [3.05, 3.63) is 86.7 Å². The molecule has 5 heteroatoms. The van der Waals surface area contributed by atoms with E-state index in [1.807, 2.05) is 36.4 Å². The minimum Gasteiger partial charge on any atom is -0.480 e. The third kappa shape index (κ3) is 4.99. The summed E-state index contributed by atoms with van der Waals surface area (Å²) in [5, 5.41) is 0. The molecule has 4 nitrogen and oxygen atoms in total. The molecule has 3 aliphatic rings. The Kier molecular flexibility index (Phi) is 6.90. The molecule has 0 aromatic heterocycles. The van der Waals surface area contributed by atoms with Gasteiger partial charge in [0, 0.05) is 47.8 Å². The number of Topliss-reactive ketones (excluding diaryl/α,β-unsaturated/α-hetero) is 2. The number of carbonyl (C=O) groups is 2. The molecule has 0 saturated heterocycles. The summed E-state index contributed by atoms with van der Waals surface area (Å²) in [4.78, 5) is 30.2. The van der Waals surface area contributed by atoms with Gasteiger partial charge in [0.1, 0.15) is 12.4 Å². The predicted molar refractivity (Wildman–Crippen MR) is 153 cm³/mol. The number of nitrogens with zero attached hydrogens (tertiary/aromatic N) is 1. The van der Waals surface area contributed by atoms with Crippen LogP contribution < -0.4 is 4.74 Å². The van der Waals surface area contributed by atoms with Crippen molar-refractivity contribution in [2.45, 2.75) is 65.8 Å². The molecule has 0 saturated carbocycles. The second kappa shape index (κ2) is 9.89. The first kappa shape index (κ1) is 26.5. The van der Waals surface area contributed by atoms with Crippen LogP contribution in [0.2, 0.25) is 0 Å². The summed E-state index contributed by atoms with van der Waals surface area (Å²) in [6.07, 6.45) is 7.88. The number of ether oxygens (including phenoxy) is 1. The van der Waals surface area contributed by atoms with Crippen LogP contribution in [0, 0.1) is 23.2 Å². The standard InChI is InChI=1S/C33H34BrNO3/c1-6-14-38-28-13-12-22(15-23(28)34)29-30-24(16-32(2,3)18-26(30)36)35(20-21-10-8-7-9-11-21)25-17-33(4,5)19-27(37)31(25)29/h1,7-13,15,29H,14,16-20H2,2-5H3. The largest absolute Gasteiger partial charge is 0.480 e. The molecule has 2 aliphatic carbocycles. The summed E-state index contributed by atoms with van der Waals surface area (Å²) in [6, 6.07) is 16.2. The van der Waals surface area contributed by atoms with Crippen LogP contribution in [0.1, 0.15) is 70.4 Å². The summed E-state index contributed by atoms with van der Waals surface area (Å²) >= 11 is 3.64. The molecular weight excluding hydrogens is 538 g/mol. The molecule has 0 amide bonds. The van der Waals surface area contributed by atoms with Crippen molar-refractivity contribution < 1.29 is 14.3 Å². The second-order valence-corrected chi connectivity index (χ2v) is 13.1. The van der Waals surface area contributed by atoms with Crippen LogP contribution in [0.4, 0.5) is 0 Å². The highest BCUT2D eigenvalue weighted by molar-refractivity contribution is 9.10. The van der Waals surface area contributed by atoms with Crippen molar-refractivity contribution in [2.75, 3.05) is 6.61 Å². The van der Waals surface area contributed by atoms with Gasteiger partial charge in [-0.25, -0.2) is 0 Å². The Labute approximate surface area is 234 Å².